The topological polar surface area (TPSA) is 87.6 Å². The number of aliphatic hydroxyl groups is 1. The molecule has 2 aromatic carbocycles. The van der Waals surface area contributed by atoms with E-state index in [2.05, 4.69) is 4.98 Å². The average molecular weight is 456 g/mol. The summed E-state index contributed by atoms with van der Waals surface area (Å²) >= 11 is 12.5. The lowest BCUT2D eigenvalue weighted by molar-refractivity contribution is -0.152. The third-order valence-corrected chi connectivity index (χ3v) is 6.82. The molecule has 1 saturated heterocycles. The smallest absolute Gasteiger partial charge is 0.283 e. The number of rotatable bonds is 1. The largest absolute Gasteiger partial charge is 0.494 e. The fourth-order valence-corrected chi connectivity index (χ4v) is 5.41. The van der Waals surface area contributed by atoms with Crippen molar-refractivity contribution < 1.29 is 19.4 Å². The number of ether oxygens (including phenoxy) is 1. The minimum Gasteiger partial charge on any atom is -0.494 e. The van der Waals surface area contributed by atoms with Crippen molar-refractivity contribution in [1.29, 1.82) is 0 Å². The van der Waals surface area contributed by atoms with Crippen LogP contribution in [0.4, 0.5) is 0 Å². The summed E-state index contributed by atoms with van der Waals surface area (Å²) in [4.78, 5) is 30.9. The number of carbonyl (C=O) groups excluding carboxylic acids is 2. The summed E-state index contributed by atoms with van der Waals surface area (Å²) in [7, 11) is 2.89. The van der Waals surface area contributed by atoms with Crippen molar-refractivity contribution in [2.45, 2.75) is 11.6 Å². The Morgan fingerprint density at radius 2 is 1.81 bits per heavy atom. The van der Waals surface area contributed by atoms with Gasteiger partial charge in [-0.3, -0.25) is 19.1 Å². The van der Waals surface area contributed by atoms with Crippen LogP contribution in [-0.4, -0.2) is 45.5 Å². The van der Waals surface area contributed by atoms with Crippen LogP contribution in [0.25, 0.3) is 33.2 Å². The molecule has 4 aromatic rings. The van der Waals surface area contributed by atoms with Gasteiger partial charge in [0.15, 0.2) is 5.75 Å². The van der Waals surface area contributed by atoms with E-state index in [1.165, 1.54) is 18.7 Å². The first-order valence-corrected chi connectivity index (χ1v) is 10.3. The Kier molecular flexibility index (Phi) is 3.52. The number of aromatic amines is 1. The van der Waals surface area contributed by atoms with Gasteiger partial charge in [-0.15, -0.1) is 0 Å². The molecule has 2 amide bonds. The summed E-state index contributed by atoms with van der Waals surface area (Å²) in [6, 6.07) is 10.4. The fraction of sp³-hybridized carbons (Fsp3) is 0.182. The monoisotopic (exact) mass is 455 g/mol. The van der Waals surface area contributed by atoms with Crippen molar-refractivity contribution in [1.82, 2.24) is 14.5 Å². The highest BCUT2D eigenvalue weighted by atomic mass is 35.5. The molecule has 0 aliphatic carbocycles. The average Bonchev–Trinajstić information content (AvgIpc) is 3.32. The van der Waals surface area contributed by atoms with E-state index in [-0.39, 0.29) is 0 Å². The van der Waals surface area contributed by atoms with Crippen LogP contribution < -0.4 is 4.74 Å². The van der Waals surface area contributed by atoms with E-state index in [0.717, 1.165) is 10.4 Å². The van der Waals surface area contributed by atoms with E-state index < -0.39 is 23.5 Å². The van der Waals surface area contributed by atoms with Crippen LogP contribution >= 0.6 is 23.2 Å². The molecule has 0 bridgehead atoms. The number of methoxy groups -OCH3 is 1. The van der Waals surface area contributed by atoms with Gasteiger partial charge in [-0.1, -0.05) is 23.2 Å². The molecule has 2 aliphatic heterocycles. The number of hydrogen-bond acceptors (Lipinski definition) is 4. The lowest BCUT2D eigenvalue weighted by atomic mass is 9.84. The van der Waals surface area contributed by atoms with E-state index in [1.807, 2.05) is 0 Å². The van der Waals surface area contributed by atoms with Crippen molar-refractivity contribution in [2.24, 2.45) is 0 Å². The molecule has 156 valence electrons. The first kappa shape index (κ1) is 18.7. The van der Waals surface area contributed by atoms with Crippen molar-refractivity contribution in [3.63, 3.8) is 0 Å². The van der Waals surface area contributed by atoms with Crippen LogP contribution in [0.5, 0.6) is 5.75 Å². The van der Waals surface area contributed by atoms with E-state index in [9.17, 15) is 14.7 Å². The van der Waals surface area contributed by atoms with Crippen LogP contribution in [0.2, 0.25) is 10.0 Å². The van der Waals surface area contributed by atoms with Crippen molar-refractivity contribution in [3.05, 3.63) is 52.0 Å². The number of halogens is 2. The summed E-state index contributed by atoms with van der Waals surface area (Å²) in [5.41, 5.74) is 0.619. The normalized spacial score (nSPS) is 22.2. The number of likely N-dealkylation sites (tertiary alicyclic amines) is 1. The quantitative estimate of drug-likeness (QED) is 0.426. The summed E-state index contributed by atoms with van der Waals surface area (Å²) in [6.07, 6.45) is 0. The maximum Gasteiger partial charge on any atom is 0.283 e. The molecule has 7 nitrogen and oxygen atoms in total. The SMILES string of the molecule is COc1c2n(c3cc(Cl)ccc13)[C@]1(O)C(=O)N(C)C(=O)C1c1c-2[nH]c2ccc(Cl)cc12. The van der Waals surface area contributed by atoms with Gasteiger partial charge in [-0.05, 0) is 36.4 Å². The van der Waals surface area contributed by atoms with Gasteiger partial charge in [0.2, 0.25) is 11.6 Å². The van der Waals surface area contributed by atoms with Crippen molar-refractivity contribution in [3.8, 4) is 17.1 Å². The van der Waals surface area contributed by atoms with E-state index in [0.29, 0.717) is 49.0 Å². The van der Waals surface area contributed by atoms with Gasteiger partial charge in [0, 0.05) is 38.9 Å². The summed E-state index contributed by atoms with van der Waals surface area (Å²) < 4.78 is 7.21. The van der Waals surface area contributed by atoms with Crippen LogP contribution in [0, 0.1) is 0 Å². The predicted molar refractivity (Wildman–Crippen MR) is 117 cm³/mol. The number of nitrogens with zero attached hydrogens (tertiary/aromatic N) is 2. The zero-order valence-corrected chi connectivity index (χ0v) is 17.9. The first-order valence-electron chi connectivity index (χ1n) is 9.53. The summed E-state index contributed by atoms with van der Waals surface area (Å²) in [5, 5.41) is 14.2. The van der Waals surface area contributed by atoms with E-state index in [4.69, 9.17) is 27.9 Å². The number of fused-ring (bicyclic) bond motifs is 10. The van der Waals surface area contributed by atoms with Gasteiger partial charge in [-0.25, -0.2) is 0 Å². The molecule has 2 N–H and O–H groups in total. The van der Waals surface area contributed by atoms with Crippen molar-refractivity contribution in [2.75, 3.05) is 14.2 Å². The Morgan fingerprint density at radius 1 is 1.10 bits per heavy atom. The Hall–Kier alpha value is -3.00. The molecule has 1 fully saturated rings. The van der Waals surface area contributed by atoms with Crippen molar-refractivity contribution >= 4 is 56.8 Å². The molecule has 2 atom stereocenters. The second kappa shape index (κ2) is 5.82. The molecular formula is C22H15Cl2N3O4. The predicted octanol–water partition coefficient (Wildman–Crippen LogP) is 3.85. The number of aromatic nitrogens is 2. The molecule has 0 spiro atoms. The summed E-state index contributed by atoms with van der Waals surface area (Å²) in [6.45, 7) is 0. The van der Waals surface area contributed by atoms with Gasteiger partial charge in [0.25, 0.3) is 5.91 Å². The number of benzene rings is 2. The zero-order valence-electron chi connectivity index (χ0n) is 16.4. The second-order valence-electron chi connectivity index (χ2n) is 7.84. The maximum atomic E-state index is 13.3. The first-order chi connectivity index (χ1) is 14.8. The van der Waals surface area contributed by atoms with Crippen LogP contribution in [0.1, 0.15) is 11.5 Å². The van der Waals surface area contributed by atoms with E-state index in [1.54, 1.807) is 36.4 Å². The number of H-pyrrole nitrogens is 1. The molecule has 1 unspecified atom stereocenters. The second-order valence-corrected chi connectivity index (χ2v) is 8.72. The molecule has 31 heavy (non-hydrogen) atoms. The van der Waals surface area contributed by atoms with Crippen LogP contribution in [0.3, 0.4) is 0 Å². The highest BCUT2D eigenvalue weighted by molar-refractivity contribution is 6.32. The summed E-state index contributed by atoms with van der Waals surface area (Å²) in [5.74, 6) is -1.90. The van der Waals surface area contributed by atoms with Gasteiger partial charge < -0.3 is 14.8 Å². The fourth-order valence-electron chi connectivity index (χ4n) is 5.07. The molecule has 6 rings (SSSR count). The van der Waals surface area contributed by atoms with Gasteiger partial charge in [0.05, 0.1) is 18.3 Å². The number of nitrogens with one attached hydrogen (secondary N) is 1. The Morgan fingerprint density at radius 3 is 2.55 bits per heavy atom. The Labute approximate surface area is 185 Å². The van der Waals surface area contributed by atoms with Crippen LogP contribution in [0.15, 0.2) is 36.4 Å². The molecule has 9 heteroatoms. The number of likely N-dealkylation sites (N-methyl/N-ethyl adjacent to an activating group) is 1. The zero-order chi connectivity index (χ0) is 21.8. The lowest BCUT2D eigenvalue weighted by Gasteiger charge is -2.34. The Bertz CT molecular complexity index is 1490. The Balaban J connectivity index is 1.88. The number of amides is 2. The number of hydrogen-bond donors (Lipinski definition) is 2. The van der Waals surface area contributed by atoms with Gasteiger partial charge in [0.1, 0.15) is 11.6 Å². The molecule has 0 saturated carbocycles. The molecule has 4 heterocycles. The lowest BCUT2D eigenvalue weighted by Crippen LogP contribution is -2.46. The minimum atomic E-state index is -2.18. The maximum absolute atomic E-state index is 13.3. The molecular weight excluding hydrogens is 441 g/mol. The molecule has 2 aromatic heterocycles. The standard InChI is InChI=1S/C22H15Cl2N3O4/c1-26-20(28)16-15-12-7-9(23)4-6-13(12)25-17(15)18-19(31-2)11-5-3-10(24)8-14(11)27(18)22(16,30)21(26)29/h3-8,16,25,30H,1-2H3/t16?,22-/m1/s1. The highest BCUT2D eigenvalue weighted by Crippen LogP contribution is 2.57. The van der Waals surface area contributed by atoms with Gasteiger partial charge in [-0.2, -0.15) is 0 Å². The minimum absolute atomic E-state index is 0.426. The number of carbonyl (C=O) groups is 2. The molecule has 0 radical (unpaired) electrons. The van der Waals surface area contributed by atoms with E-state index >= 15 is 0 Å². The van der Waals surface area contributed by atoms with Crippen LogP contribution in [-0.2, 0) is 15.3 Å². The molecule has 2 aliphatic rings. The highest BCUT2D eigenvalue weighted by Gasteiger charge is 2.64. The third-order valence-electron chi connectivity index (χ3n) is 6.35. The third kappa shape index (κ3) is 2.04. The van der Waals surface area contributed by atoms with Gasteiger partial charge >= 0.3 is 0 Å². The number of imide groups is 1.